The summed E-state index contributed by atoms with van der Waals surface area (Å²) in [5, 5.41) is 17.0. The quantitative estimate of drug-likeness (QED) is 0.454. The summed E-state index contributed by atoms with van der Waals surface area (Å²) in [6.45, 7) is 6.01. The van der Waals surface area contributed by atoms with Crippen molar-refractivity contribution in [1.29, 1.82) is 0 Å². The number of rotatable bonds is 6. The van der Waals surface area contributed by atoms with Gasteiger partial charge in [-0.2, -0.15) is 5.10 Å². The zero-order valence-corrected chi connectivity index (χ0v) is 15.9. The Hall–Kier alpha value is -3.55. The van der Waals surface area contributed by atoms with Crippen molar-refractivity contribution in [2.75, 3.05) is 6.54 Å². The Morgan fingerprint density at radius 1 is 1.14 bits per heavy atom. The first kappa shape index (κ1) is 20.8. The second-order valence-electron chi connectivity index (χ2n) is 7.16. The Morgan fingerprint density at radius 3 is 2.43 bits per heavy atom. The summed E-state index contributed by atoms with van der Waals surface area (Å²) in [5.74, 6) is -0.875. The number of benzene rings is 2. The molecule has 0 aliphatic heterocycles. The van der Waals surface area contributed by atoms with Gasteiger partial charge in [0.05, 0.1) is 17.7 Å². The first-order valence-electron chi connectivity index (χ1n) is 8.62. The molecule has 0 atom stereocenters. The molecule has 0 aliphatic carbocycles. The van der Waals surface area contributed by atoms with Crippen LogP contribution >= 0.6 is 0 Å². The lowest BCUT2D eigenvalue weighted by molar-refractivity contribution is -0.384. The molecule has 0 aromatic heterocycles. The molecule has 0 radical (unpaired) electrons. The molecule has 28 heavy (non-hydrogen) atoms. The van der Waals surface area contributed by atoms with Gasteiger partial charge in [-0.1, -0.05) is 45.0 Å². The molecule has 0 saturated heterocycles. The van der Waals surface area contributed by atoms with E-state index in [-0.39, 0.29) is 23.6 Å². The molecule has 2 rings (SSSR count). The van der Waals surface area contributed by atoms with E-state index in [1.165, 1.54) is 24.4 Å². The number of amides is 2. The molecular formula is C20H22N4O4. The van der Waals surface area contributed by atoms with E-state index in [0.717, 1.165) is 5.56 Å². The number of non-ortho nitro benzene ring substituents is 1. The van der Waals surface area contributed by atoms with Crippen LogP contribution in [0.4, 0.5) is 5.69 Å². The third-order valence-corrected chi connectivity index (χ3v) is 3.91. The number of hydrogen-bond acceptors (Lipinski definition) is 5. The number of nitrogens with zero attached hydrogens (tertiary/aromatic N) is 2. The minimum atomic E-state index is -0.514. The maximum atomic E-state index is 12.1. The van der Waals surface area contributed by atoms with Crippen LogP contribution in [-0.2, 0) is 10.2 Å². The van der Waals surface area contributed by atoms with Crippen LogP contribution in [0.3, 0.4) is 0 Å². The van der Waals surface area contributed by atoms with E-state index in [9.17, 15) is 19.7 Å². The third kappa shape index (κ3) is 6.01. The molecule has 0 fully saturated rings. The van der Waals surface area contributed by atoms with Gasteiger partial charge in [-0.25, -0.2) is 5.43 Å². The number of hydrogen-bond donors (Lipinski definition) is 2. The fourth-order valence-corrected chi connectivity index (χ4v) is 2.32. The zero-order valence-electron chi connectivity index (χ0n) is 15.9. The van der Waals surface area contributed by atoms with Crippen LogP contribution in [0.5, 0.6) is 0 Å². The summed E-state index contributed by atoms with van der Waals surface area (Å²) in [5.41, 5.74) is 4.22. The summed E-state index contributed by atoms with van der Waals surface area (Å²) < 4.78 is 0. The minimum absolute atomic E-state index is 0.00786. The molecule has 2 aromatic rings. The van der Waals surface area contributed by atoms with E-state index in [0.29, 0.717) is 11.1 Å². The normalized spacial score (nSPS) is 11.2. The van der Waals surface area contributed by atoms with Gasteiger partial charge in [-0.05, 0) is 23.1 Å². The lowest BCUT2D eigenvalue weighted by Crippen LogP contribution is -2.34. The Balaban J connectivity index is 1.84. The highest BCUT2D eigenvalue weighted by Gasteiger charge is 2.14. The summed E-state index contributed by atoms with van der Waals surface area (Å²) in [4.78, 5) is 34.1. The van der Waals surface area contributed by atoms with Gasteiger partial charge in [-0.3, -0.25) is 19.7 Å². The average Bonchev–Trinajstić information content (AvgIpc) is 2.65. The van der Waals surface area contributed by atoms with Crippen molar-refractivity contribution in [3.05, 3.63) is 75.3 Å². The largest absolute Gasteiger partial charge is 0.343 e. The van der Waals surface area contributed by atoms with Crippen molar-refractivity contribution in [1.82, 2.24) is 10.7 Å². The Morgan fingerprint density at radius 2 is 1.82 bits per heavy atom. The third-order valence-electron chi connectivity index (χ3n) is 3.91. The van der Waals surface area contributed by atoms with Crippen molar-refractivity contribution >= 4 is 23.7 Å². The fourth-order valence-electron chi connectivity index (χ4n) is 2.32. The van der Waals surface area contributed by atoms with Crippen molar-refractivity contribution in [2.24, 2.45) is 5.10 Å². The van der Waals surface area contributed by atoms with Crippen LogP contribution in [0.2, 0.25) is 0 Å². The smallest absolute Gasteiger partial charge is 0.270 e. The molecule has 0 aliphatic rings. The number of hydrazone groups is 1. The highest BCUT2D eigenvalue weighted by molar-refractivity contribution is 5.96. The Bertz CT molecular complexity index is 899. The lowest BCUT2D eigenvalue weighted by atomic mass is 9.87. The Labute approximate surface area is 162 Å². The standard InChI is InChI=1S/C20H22N4O4/c1-20(2,3)16-9-7-15(8-10-16)19(26)21-13-18(25)23-22-12-14-5-4-6-17(11-14)24(27)28/h4-12H,13H2,1-3H3,(H,21,26)(H,23,25)/b22-12+. The summed E-state index contributed by atoms with van der Waals surface area (Å²) in [6.07, 6.45) is 1.29. The molecule has 2 N–H and O–H groups in total. The van der Waals surface area contributed by atoms with Crippen LogP contribution in [-0.4, -0.2) is 29.5 Å². The number of nitro benzene ring substituents is 1. The van der Waals surface area contributed by atoms with Gasteiger partial charge in [0.15, 0.2) is 0 Å². The zero-order chi connectivity index (χ0) is 20.7. The van der Waals surface area contributed by atoms with Gasteiger partial charge in [0.1, 0.15) is 0 Å². The molecule has 0 unspecified atom stereocenters. The number of nitrogens with one attached hydrogen (secondary N) is 2. The van der Waals surface area contributed by atoms with Crippen molar-refractivity contribution in [2.45, 2.75) is 26.2 Å². The topological polar surface area (TPSA) is 114 Å². The van der Waals surface area contributed by atoms with E-state index in [4.69, 9.17) is 0 Å². The van der Waals surface area contributed by atoms with Gasteiger partial charge in [-0.15, -0.1) is 0 Å². The molecule has 8 nitrogen and oxygen atoms in total. The van der Waals surface area contributed by atoms with E-state index < -0.39 is 10.8 Å². The average molecular weight is 382 g/mol. The van der Waals surface area contributed by atoms with E-state index in [2.05, 4.69) is 36.6 Å². The van der Waals surface area contributed by atoms with Crippen molar-refractivity contribution < 1.29 is 14.5 Å². The van der Waals surface area contributed by atoms with E-state index in [1.54, 1.807) is 18.2 Å². The predicted molar refractivity (Wildman–Crippen MR) is 106 cm³/mol. The molecule has 0 saturated carbocycles. The van der Waals surface area contributed by atoms with E-state index >= 15 is 0 Å². The molecule has 0 bridgehead atoms. The fraction of sp³-hybridized carbons (Fsp3) is 0.250. The van der Waals surface area contributed by atoms with Crippen LogP contribution in [0.15, 0.2) is 53.6 Å². The second kappa shape index (κ2) is 8.90. The van der Waals surface area contributed by atoms with Crippen LogP contribution in [0.25, 0.3) is 0 Å². The predicted octanol–water partition coefficient (Wildman–Crippen LogP) is 2.77. The Kier molecular flexibility index (Phi) is 6.59. The van der Waals surface area contributed by atoms with Crippen molar-refractivity contribution in [3.8, 4) is 0 Å². The van der Waals surface area contributed by atoms with Gasteiger partial charge < -0.3 is 5.32 Å². The first-order valence-corrected chi connectivity index (χ1v) is 8.62. The number of carbonyl (C=O) groups is 2. The molecule has 0 spiro atoms. The summed E-state index contributed by atoms with van der Waals surface area (Å²) in [6, 6.07) is 13.0. The molecular weight excluding hydrogens is 360 g/mol. The summed E-state index contributed by atoms with van der Waals surface area (Å²) >= 11 is 0. The van der Waals surface area contributed by atoms with Crippen LogP contribution in [0.1, 0.15) is 42.3 Å². The van der Waals surface area contributed by atoms with Gasteiger partial charge >= 0.3 is 0 Å². The summed E-state index contributed by atoms with van der Waals surface area (Å²) in [7, 11) is 0. The first-order chi connectivity index (χ1) is 13.2. The maximum absolute atomic E-state index is 12.1. The maximum Gasteiger partial charge on any atom is 0.270 e. The molecule has 146 valence electrons. The van der Waals surface area contributed by atoms with E-state index in [1.807, 2.05) is 12.1 Å². The SMILES string of the molecule is CC(C)(C)c1ccc(C(=O)NCC(=O)N/N=C/c2cccc([N+](=O)[O-])c2)cc1. The minimum Gasteiger partial charge on any atom is -0.343 e. The monoisotopic (exact) mass is 382 g/mol. The number of carbonyl (C=O) groups excluding carboxylic acids is 2. The molecule has 2 amide bonds. The highest BCUT2D eigenvalue weighted by Crippen LogP contribution is 2.22. The molecule has 8 heteroatoms. The van der Waals surface area contributed by atoms with Gasteiger partial charge in [0, 0.05) is 23.3 Å². The van der Waals surface area contributed by atoms with Crippen LogP contribution < -0.4 is 10.7 Å². The highest BCUT2D eigenvalue weighted by atomic mass is 16.6. The lowest BCUT2D eigenvalue weighted by Gasteiger charge is -2.19. The second-order valence-corrected chi connectivity index (χ2v) is 7.16. The van der Waals surface area contributed by atoms with Crippen molar-refractivity contribution in [3.63, 3.8) is 0 Å². The molecule has 2 aromatic carbocycles. The molecule has 0 heterocycles. The number of nitro groups is 1. The van der Waals surface area contributed by atoms with Gasteiger partial charge in [0.2, 0.25) is 0 Å². The van der Waals surface area contributed by atoms with Crippen LogP contribution in [0, 0.1) is 10.1 Å². The van der Waals surface area contributed by atoms with Gasteiger partial charge in [0.25, 0.3) is 17.5 Å².